The fourth-order valence-electron chi connectivity index (χ4n) is 2.44. The second-order valence-electron chi connectivity index (χ2n) is 5.34. The van der Waals surface area contributed by atoms with Crippen molar-refractivity contribution in [2.24, 2.45) is 5.73 Å². The smallest absolute Gasteiger partial charge is 0.251 e. The molecule has 0 atom stereocenters. The van der Waals surface area contributed by atoms with E-state index in [0.717, 1.165) is 25.7 Å². The molecule has 20 heavy (non-hydrogen) atoms. The summed E-state index contributed by atoms with van der Waals surface area (Å²) in [7, 11) is 0. The summed E-state index contributed by atoms with van der Waals surface area (Å²) in [5.74, 6) is -0.194. The van der Waals surface area contributed by atoms with Gasteiger partial charge in [0.15, 0.2) is 0 Å². The Bertz CT molecular complexity index is 476. The average molecular weight is 275 g/mol. The van der Waals surface area contributed by atoms with Gasteiger partial charge in [-0.3, -0.25) is 9.59 Å². The Morgan fingerprint density at radius 2 is 1.70 bits per heavy atom. The zero-order valence-corrected chi connectivity index (χ0v) is 11.7. The van der Waals surface area contributed by atoms with Gasteiger partial charge in [-0.1, -0.05) is 0 Å². The molecule has 1 aliphatic rings. The minimum Gasteiger partial charge on any atom is -0.349 e. The van der Waals surface area contributed by atoms with Gasteiger partial charge in [-0.05, 0) is 49.9 Å². The van der Waals surface area contributed by atoms with Crippen LogP contribution in [0, 0.1) is 0 Å². The number of carbonyl (C=O) groups excluding carboxylic acids is 2. The molecule has 0 bridgehead atoms. The SMILES string of the molecule is CC(=O)Nc1ccc(C(=O)NC2CCC(N)CC2)cc1. The first kappa shape index (κ1) is 14.5. The molecule has 2 amide bonds. The van der Waals surface area contributed by atoms with Crippen molar-refractivity contribution in [3.05, 3.63) is 29.8 Å². The Balaban J connectivity index is 1.90. The molecule has 1 aromatic carbocycles. The topological polar surface area (TPSA) is 84.2 Å². The summed E-state index contributed by atoms with van der Waals surface area (Å²) in [6.07, 6.45) is 3.81. The highest BCUT2D eigenvalue weighted by Gasteiger charge is 2.20. The summed E-state index contributed by atoms with van der Waals surface area (Å²) < 4.78 is 0. The van der Waals surface area contributed by atoms with Crippen LogP contribution in [0.25, 0.3) is 0 Å². The third kappa shape index (κ3) is 4.06. The molecule has 4 N–H and O–H groups in total. The summed E-state index contributed by atoms with van der Waals surface area (Å²) in [6, 6.07) is 7.39. The van der Waals surface area contributed by atoms with E-state index in [1.807, 2.05) is 0 Å². The number of rotatable bonds is 3. The number of hydrogen-bond donors (Lipinski definition) is 3. The van der Waals surface area contributed by atoms with Gasteiger partial charge in [0.2, 0.25) is 5.91 Å². The summed E-state index contributed by atoms with van der Waals surface area (Å²) >= 11 is 0. The standard InChI is InChI=1S/C15H21N3O2/c1-10(19)17-13-6-2-11(3-7-13)15(20)18-14-8-4-12(16)5-9-14/h2-3,6-7,12,14H,4-5,8-9,16H2,1H3,(H,17,19)(H,18,20). The van der Waals surface area contributed by atoms with Crippen molar-refractivity contribution in [1.29, 1.82) is 0 Å². The molecule has 0 aromatic heterocycles. The predicted molar refractivity (Wildman–Crippen MR) is 78.4 cm³/mol. The first-order valence-electron chi connectivity index (χ1n) is 6.98. The molecule has 1 fully saturated rings. The van der Waals surface area contributed by atoms with Crippen LogP contribution in [-0.2, 0) is 4.79 Å². The quantitative estimate of drug-likeness (QED) is 0.784. The van der Waals surface area contributed by atoms with Gasteiger partial charge in [0.25, 0.3) is 5.91 Å². The van der Waals surface area contributed by atoms with Crippen LogP contribution in [-0.4, -0.2) is 23.9 Å². The van der Waals surface area contributed by atoms with E-state index < -0.39 is 0 Å². The van der Waals surface area contributed by atoms with Gasteiger partial charge >= 0.3 is 0 Å². The average Bonchev–Trinajstić information content (AvgIpc) is 2.41. The molecule has 108 valence electrons. The monoisotopic (exact) mass is 275 g/mol. The molecule has 5 heteroatoms. The minimum atomic E-state index is -0.124. The Morgan fingerprint density at radius 3 is 2.25 bits per heavy atom. The fourth-order valence-corrected chi connectivity index (χ4v) is 2.44. The van der Waals surface area contributed by atoms with Crippen LogP contribution in [0.5, 0.6) is 0 Å². The first-order valence-corrected chi connectivity index (χ1v) is 6.98. The van der Waals surface area contributed by atoms with Crippen LogP contribution in [0.2, 0.25) is 0 Å². The lowest BCUT2D eigenvalue weighted by atomic mass is 9.91. The highest BCUT2D eigenvalue weighted by molar-refractivity contribution is 5.95. The minimum absolute atomic E-state index is 0.0696. The van der Waals surface area contributed by atoms with Crippen molar-refractivity contribution in [3.8, 4) is 0 Å². The van der Waals surface area contributed by atoms with E-state index in [4.69, 9.17) is 5.73 Å². The van der Waals surface area contributed by atoms with Crippen LogP contribution in [0.1, 0.15) is 43.0 Å². The van der Waals surface area contributed by atoms with Gasteiger partial charge < -0.3 is 16.4 Å². The molecule has 2 rings (SSSR count). The number of hydrogen-bond acceptors (Lipinski definition) is 3. The zero-order chi connectivity index (χ0) is 14.5. The van der Waals surface area contributed by atoms with Crippen LogP contribution in [0.3, 0.4) is 0 Å². The molecular weight excluding hydrogens is 254 g/mol. The number of anilines is 1. The molecule has 1 aromatic rings. The molecule has 0 spiro atoms. The molecular formula is C15H21N3O2. The first-order chi connectivity index (χ1) is 9.54. The Hall–Kier alpha value is -1.88. The third-order valence-electron chi connectivity index (χ3n) is 3.57. The summed E-state index contributed by atoms with van der Waals surface area (Å²) in [5, 5.41) is 5.71. The molecule has 5 nitrogen and oxygen atoms in total. The summed E-state index contributed by atoms with van der Waals surface area (Å²) in [6.45, 7) is 1.45. The van der Waals surface area contributed by atoms with Crippen LogP contribution in [0.4, 0.5) is 5.69 Å². The van der Waals surface area contributed by atoms with Gasteiger partial charge in [0, 0.05) is 30.3 Å². The lowest BCUT2D eigenvalue weighted by Gasteiger charge is -2.26. The predicted octanol–water partition coefficient (Wildman–Crippen LogP) is 1.64. The second-order valence-corrected chi connectivity index (χ2v) is 5.34. The van der Waals surface area contributed by atoms with Gasteiger partial charge in [-0.15, -0.1) is 0 Å². The summed E-state index contributed by atoms with van der Waals surface area (Å²) in [5.41, 5.74) is 7.15. The van der Waals surface area contributed by atoms with E-state index in [1.165, 1.54) is 6.92 Å². The van der Waals surface area contributed by atoms with Crippen molar-refractivity contribution >= 4 is 17.5 Å². The number of nitrogens with one attached hydrogen (secondary N) is 2. The van der Waals surface area contributed by atoms with Crippen LogP contribution >= 0.6 is 0 Å². The molecule has 1 saturated carbocycles. The molecule has 0 radical (unpaired) electrons. The fraction of sp³-hybridized carbons (Fsp3) is 0.467. The third-order valence-corrected chi connectivity index (χ3v) is 3.57. The zero-order valence-electron chi connectivity index (χ0n) is 11.7. The van der Waals surface area contributed by atoms with E-state index in [9.17, 15) is 9.59 Å². The maximum absolute atomic E-state index is 12.1. The molecule has 0 aliphatic heterocycles. The largest absolute Gasteiger partial charge is 0.349 e. The van der Waals surface area contributed by atoms with E-state index in [-0.39, 0.29) is 23.9 Å². The maximum Gasteiger partial charge on any atom is 0.251 e. The van der Waals surface area contributed by atoms with Crippen LogP contribution < -0.4 is 16.4 Å². The van der Waals surface area contributed by atoms with Crippen molar-refractivity contribution < 1.29 is 9.59 Å². The van der Waals surface area contributed by atoms with Gasteiger partial charge in [0.1, 0.15) is 0 Å². The maximum atomic E-state index is 12.1. The normalized spacial score (nSPS) is 22.1. The van der Waals surface area contributed by atoms with E-state index in [1.54, 1.807) is 24.3 Å². The number of nitrogens with two attached hydrogens (primary N) is 1. The molecule has 0 heterocycles. The van der Waals surface area contributed by atoms with E-state index in [2.05, 4.69) is 10.6 Å². The van der Waals surface area contributed by atoms with Crippen molar-refractivity contribution in [1.82, 2.24) is 5.32 Å². The summed E-state index contributed by atoms with van der Waals surface area (Å²) in [4.78, 5) is 23.0. The van der Waals surface area contributed by atoms with Gasteiger partial charge in [-0.25, -0.2) is 0 Å². The van der Waals surface area contributed by atoms with E-state index in [0.29, 0.717) is 11.3 Å². The van der Waals surface area contributed by atoms with Crippen molar-refractivity contribution in [2.45, 2.75) is 44.7 Å². The van der Waals surface area contributed by atoms with Gasteiger partial charge in [-0.2, -0.15) is 0 Å². The molecule has 0 unspecified atom stereocenters. The number of amides is 2. The Kier molecular flexibility index (Phi) is 4.74. The number of carbonyl (C=O) groups is 2. The Labute approximate surface area is 118 Å². The Morgan fingerprint density at radius 1 is 1.10 bits per heavy atom. The van der Waals surface area contributed by atoms with Gasteiger partial charge in [0.05, 0.1) is 0 Å². The molecule has 0 saturated heterocycles. The lowest BCUT2D eigenvalue weighted by molar-refractivity contribution is -0.114. The highest BCUT2D eigenvalue weighted by atomic mass is 16.2. The van der Waals surface area contributed by atoms with E-state index >= 15 is 0 Å². The van der Waals surface area contributed by atoms with Crippen molar-refractivity contribution in [2.75, 3.05) is 5.32 Å². The highest BCUT2D eigenvalue weighted by Crippen LogP contribution is 2.17. The van der Waals surface area contributed by atoms with Crippen molar-refractivity contribution in [3.63, 3.8) is 0 Å². The second kappa shape index (κ2) is 6.52. The molecule has 1 aliphatic carbocycles. The van der Waals surface area contributed by atoms with Crippen LogP contribution in [0.15, 0.2) is 24.3 Å². The lowest BCUT2D eigenvalue weighted by Crippen LogP contribution is -2.40. The number of benzene rings is 1.